The van der Waals surface area contributed by atoms with Gasteiger partial charge in [-0.25, -0.2) is 20.2 Å². The van der Waals surface area contributed by atoms with Crippen LogP contribution in [0.25, 0.3) is 0 Å². The van der Waals surface area contributed by atoms with E-state index < -0.39 is 30.3 Å². The van der Waals surface area contributed by atoms with Crippen LogP contribution in [0.4, 0.5) is 19.3 Å². The number of nitriles is 1. The fourth-order valence-corrected chi connectivity index (χ4v) is 4.19. The molecule has 0 bridgehead atoms. The minimum Gasteiger partial charge on any atom is -0.444 e. The summed E-state index contributed by atoms with van der Waals surface area (Å²) in [6.45, 7) is 5.91. The largest absolute Gasteiger partial charge is 0.444 e. The number of likely N-dealkylation sites (N-methyl/N-ethyl adjacent to an activating group) is 2. The molecule has 2 aromatic carbocycles. The predicted molar refractivity (Wildman–Crippen MR) is 162 cm³/mol. The molecule has 1 aliphatic heterocycles. The molecule has 12 nitrogen and oxygen atoms in total. The van der Waals surface area contributed by atoms with Crippen molar-refractivity contribution in [2.24, 2.45) is 10.1 Å². The van der Waals surface area contributed by atoms with Gasteiger partial charge in [-0.15, -0.1) is 0 Å². The second-order valence-electron chi connectivity index (χ2n) is 10.7. The van der Waals surface area contributed by atoms with Gasteiger partial charge in [-0.3, -0.25) is 15.1 Å². The third-order valence-electron chi connectivity index (χ3n) is 6.06. The molecule has 1 heterocycles. The van der Waals surface area contributed by atoms with Gasteiger partial charge in [0.2, 0.25) is 5.96 Å². The molecule has 2 aromatic rings. The van der Waals surface area contributed by atoms with E-state index in [1.54, 1.807) is 45.9 Å². The zero-order chi connectivity index (χ0) is 32.6. The number of ether oxygens (including phenoxy) is 2. The van der Waals surface area contributed by atoms with Crippen molar-refractivity contribution in [3.8, 4) is 11.9 Å². The van der Waals surface area contributed by atoms with Crippen LogP contribution in [0, 0.1) is 18.4 Å². The van der Waals surface area contributed by atoms with E-state index in [1.165, 1.54) is 40.2 Å². The number of nitrogens with zero attached hydrogens (tertiary/aromatic N) is 6. The molecule has 236 valence electrons. The van der Waals surface area contributed by atoms with E-state index in [4.69, 9.17) is 21.4 Å². The van der Waals surface area contributed by atoms with Crippen LogP contribution in [0.5, 0.6) is 5.75 Å². The molecule has 0 aromatic heterocycles. The molecule has 0 saturated heterocycles. The number of alkyl halides is 2. The van der Waals surface area contributed by atoms with Crippen molar-refractivity contribution in [1.29, 1.82) is 5.26 Å². The topological polar surface area (TPSA) is 135 Å². The van der Waals surface area contributed by atoms with E-state index in [9.17, 15) is 23.6 Å². The molecule has 1 unspecified atom stereocenters. The van der Waals surface area contributed by atoms with Crippen molar-refractivity contribution in [2.45, 2.75) is 52.9 Å². The van der Waals surface area contributed by atoms with E-state index in [2.05, 4.69) is 20.5 Å². The summed E-state index contributed by atoms with van der Waals surface area (Å²) in [4.78, 5) is 31.3. The summed E-state index contributed by atoms with van der Waals surface area (Å²) in [5.41, 5.74) is 4.71. The average Bonchev–Trinajstić information content (AvgIpc) is 3.35. The lowest BCUT2D eigenvalue weighted by atomic mass is 10.0. The molecule has 2 amide bonds. The molecule has 2 N–H and O–H groups in total. The third-order valence-corrected chi connectivity index (χ3v) is 6.49. The number of aryl methyl sites for hydroxylation is 1. The van der Waals surface area contributed by atoms with Crippen molar-refractivity contribution in [2.75, 3.05) is 26.7 Å². The number of benzene rings is 2. The lowest BCUT2D eigenvalue weighted by molar-refractivity contribution is -0.135. The molecule has 0 aliphatic carbocycles. The first kappa shape index (κ1) is 34.0. The second kappa shape index (κ2) is 14.8. The van der Waals surface area contributed by atoms with E-state index in [0.29, 0.717) is 16.3 Å². The highest BCUT2D eigenvalue weighted by Gasteiger charge is 2.33. The molecule has 15 heteroatoms. The Bertz CT molecular complexity index is 1460. The van der Waals surface area contributed by atoms with Crippen LogP contribution in [0.1, 0.15) is 38.8 Å². The predicted octanol–water partition coefficient (Wildman–Crippen LogP) is 4.62. The monoisotopic (exact) mass is 632 g/mol. The van der Waals surface area contributed by atoms with Crippen molar-refractivity contribution in [1.82, 2.24) is 25.7 Å². The third kappa shape index (κ3) is 9.51. The number of guanidine groups is 1. The summed E-state index contributed by atoms with van der Waals surface area (Å²) in [5.74, 6) is -0.494. The van der Waals surface area contributed by atoms with E-state index in [1.807, 2.05) is 19.2 Å². The maximum absolute atomic E-state index is 13.3. The first-order chi connectivity index (χ1) is 20.7. The lowest BCUT2D eigenvalue weighted by Crippen LogP contribution is -2.55. The molecule has 1 atom stereocenters. The van der Waals surface area contributed by atoms with Gasteiger partial charge in [0.1, 0.15) is 17.9 Å². The minimum absolute atomic E-state index is 0.00761. The second-order valence-corrected chi connectivity index (χ2v) is 11.1. The Morgan fingerprint density at radius 2 is 2.00 bits per heavy atom. The van der Waals surface area contributed by atoms with Gasteiger partial charge in [-0.05, 0) is 70.0 Å². The van der Waals surface area contributed by atoms with Crippen LogP contribution in [0.2, 0.25) is 5.02 Å². The molecule has 0 radical (unpaired) electrons. The summed E-state index contributed by atoms with van der Waals surface area (Å²) in [6.07, 6.45) is 1.18. The summed E-state index contributed by atoms with van der Waals surface area (Å²) in [5, 5.41) is 20.0. The van der Waals surface area contributed by atoms with Crippen LogP contribution in [-0.2, 0) is 9.53 Å². The number of hydrazone groups is 1. The Balaban J connectivity index is 1.92. The van der Waals surface area contributed by atoms with Gasteiger partial charge in [0.25, 0.3) is 5.91 Å². The smallest absolute Gasteiger partial charge is 0.410 e. The van der Waals surface area contributed by atoms with Crippen LogP contribution in [-0.4, -0.2) is 83.5 Å². The van der Waals surface area contributed by atoms with Crippen molar-refractivity contribution in [3.05, 3.63) is 58.6 Å². The van der Waals surface area contributed by atoms with Crippen LogP contribution < -0.4 is 15.5 Å². The van der Waals surface area contributed by atoms with Crippen LogP contribution in [0.15, 0.2) is 52.6 Å². The minimum atomic E-state index is -3.01. The van der Waals surface area contributed by atoms with Crippen molar-refractivity contribution >= 4 is 41.0 Å². The van der Waals surface area contributed by atoms with E-state index in [-0.39, 0.29) is 37.0 Å². The number of hydrogen-bond donors (Lipinski definition) is 2. The van der Waals surface area contributed by atoms with Crippen LogP contribution >= 0.6 is 11.6 Å². The highest BCUT2D eigenvalue weighted by atomic mass is 35.5. The van der Waals surface area contributed by atoms with Crippen molar-refractivity contribution in [3.63, 3.8) is 0 Å². The lowest BCUT2D eigenvalue weighted by Gasteiger charge is -2.29. The SMILES string of the molecule is CCN(NC1CN(C(=Nc2cccc(OC(F)F)c2)NC#N)N=C1c1ccc(Cl)c(C)c1)C(=O)CN(C)C(=O)OC(C)(C)C. The molecule has 0 fully saturated rings. The number of halogens is 3. The van der Waals surface area contributed by atoms with Crippen molar-refractivity contribution < 1.29 is 27.8 Å². The highest BCUT2D eigenvalue weighted by molar-refractivity contribution is 6.31. The number of hydrazine groups is 1. The summed E-state index contributed by atoms with van der Waals surface area (Å²) in [6, 6.07) is 10.4. The number of carbonyl (C=O) groups is 2. The number of aliphatic imine (C=N–C) groups is 1. The molecule has 3 rings (SSSR count). The molecule has 44 heavy (non-hydrogen) atoms. The molecule has 1 aliphatic rings. The Hall–Kier alpha value is -4.48. The van der Waals surface area contributed by atoms with Gasteiger partial charge in [-0.1, -0.05) is 23.7 Å². The molecule has 0 spiro atoms. The number of rotatable bonds is 9. The van der Waals surface area contributed by atoms with Gasteiger partial charge in [0, 0.05) is 24.7 Å². The molecule has 0 saturated carbocycles. The number of nitrogens with one attached hydrogen (secondary N) is 2. The van der Waals surface area contributed by atoms with Gasteiger partial charge in [-0.2, -0.15) is 19.1 Å². The van der Waals surface area contributed by atoms with Crippen LogP contribution in [0.3, 0.4) is 0 Å². The molecular weight excluding hydrogens is 598 g/mol. The number of carbonyl (C=O) groups excluding carboxylic acids is 2. The van der Waals surface area contributed by atoms with Gasteiger partial charge in [0.05, 0.1) is 24.0 Å². The maximum atomic E-state index is 13.3. The molecular formula is C29H35ClF2N8O4. The first-order valence-electron chi connectivity index (χ1n) is 13.6. The van der Waals surface area contributed by atoms with Gasteiger partial charge < -0.3 is 14.4 Å². The summed E-state index contributed by atoms with van der Waals surface area (Å²) >= 11 is 6.26. The Kier molecular flexibility index (Phi) is 11.4. The fraction of sp³-hybridized carbons (Fsp3) is 0.414. The Morgan fingerprint density at radius 1 is 1.27 bits per heavy atom. The van der Waals surface area contributed by atoms with E-state index >= 15 is 0 Å². The highest BCUT2D eigenvalue weighted by Crippen LogP contribution is 2.24. The zero-order valence-electron chi connectivity index (χ0n) is 25.3. The normalized spacial score (nSPS) is 15.0. The first-order valence-corrected chi connectivity index (χ1v) is 14.0. The average molecular weight is 633 g/mol. The zero-order valence-corrected chi connectivity index (χ0v) is 26.0. The number of hydrogen-bond acceptors (Lipinski definition) is 8. The Labute approximate surface area is 259 Å². The fourth-order valence-electron chi connectivity index (χ4n) is 4.07. The standard InChI is InChI=1S/C29H35ClF2N8O4/c1-7-39(24(41)16-38(6)28(42)44-29(3,4)5)36-23-15-40(37-25(23)19-11-12-22(30)18(2)13-19)27(34-17-33)35-20-9-8-10-21(14-20)43-26(31)32/h8-14,23,26,36H,7,15-16H2,1-6H3,(H,34,35). The van der Waals surface area contributed by atoms with E-state index in [0.717, 1.165) is 5.56 Å². The van der Waals surface area contributed by atoms with Gasteiger partial charge >= 0.3 is 12.7 Å². The summed E-state index contributed by atoms with van der Waals surface area (Å²) < 4.78 is 35.3. The quantitative estimate of drug-likeness (QED) is 0.135. The summed E-state index contributed by atoms with van der Waals surface area (Å²) in [7, 11) is 1.47. The Morgan fingerprint density at radius 3 is 2.61 bits per heavy atom. The van der Waals surface area contributed by atoms with Gasteiger partial charge in [0.15, 0.2) is 6.19 Å². The maximum Gasteiger partial charge on any atom is 0.410 e. The number of amides is 2.